The van der Waals surface area contributed by atoms with Crippen LogP contribution in [0.1, 0.15) is 30.5 Å². The van der Waals surface area contributed by atoms with Gasteiger partial charge in [0.05, 0.1) is 5.02 Å². The van der Waals surface area contributed by atoms with Crippen LogP contribution in [0.25, 0.3) is 0 Å². The van der Waals surface area contributed by atoms with E-state index in [-0.39, 0.29) is 0 Å². The molecule has 1 unspecified atom stereocenters. The van der Waals surface area contributed by atoms with Crippen molar-refractivity contribution in [3.63, 3.8) is 0 Å². The molecule has 4 heteroatoms. The maximum absolute atomic E-state index is 6.18. The number of hydrogen-bond donors (Lipinski definition) is 1. The monoisotopic (exact) mass is 280 g/mol. The van der Waals surface area contributed by atoms with Crippen molar-refractivity contribution in [2.24, 2.45) is 0 Å². The summed E-state index contributed by atoms with van der Waals surface area (Å²) in [7, 11) is 0. The van der Waals surface area contributed by atoms with Crippen LogP contribution in [0.5, 0.6) is 0 Å². The van der Waals surface area contributed by atoms with Gasteiger partial charge >= 0.3 is 0 Å². The molecule has 1 atom stereocenters. The molecule has 0 radical (unpaired) electrons. The quantitative estimate of drug-likeness (QED) is 0.862. The molecule has 2 heterocycles. The van der Waals surface area contributed by atoms with Crippen LogP contribution in [0.3, 0.4) is 0 Å². The number of nitrogens with one attached hydrogen (secondary N) is 1. The molecule has 0 fully saturated rings. The van der Waals surface area contributed by atoms with E-state index in [4.69, 9.17) is 11.6 Å². The fourth-order valence-electron chi connectivity index (χ4n) is 1.89. The van der Waals surface area contributed by atoms with Crippen molar-refractivity contribution in [2.45, 2.75) is 25.8 Å². The molecule has 2 rings (SSSR count). The Kier molecular flexibility index (Phi) is 5.17. The molecule has 0 aliphatic carbocycles. The van der Waals surface area contributed by atoms with E-state index in [2.05, 4.69) is 34.1 Å². The molecule has 0 bridgehead atoms. The van der Waals surface area contributed by atoms with Crippen LogP contribution in [-0.4, -0.2) is 11.5 Å². The highest BCUT2D eigenvalue weighted by molar-refractivity contribution is 7.07. The van der Waals surface area contributed by atoms with Crippen LogP contribution in [0.2, 0.25) is 5.02 Å². The summed E-state index contributed by atoms with van der Waals surface area (Å²) in [6.45, 7) is 3.19. The summed E-state index contributed by atoms with van der Waals surface area (Å²) in [5.41, 5.74) is 2.48. The number of thiophene rings is 1. The van der Waals surface area contributed by atoms with Gasteiger partial charge in [-0.05, 0) is 53.4 Å². The third kappa shape index (κ3) is 3.55. The Morgan fingerprint density at radius 3 is 3.00 bits per heavy atom. The van der Waals surface area contributed by atoms with E-state index in [1.807, 2.05) is 6.07 Å². The Labute approximate surface area is 117 Å². The lowest BCUT2D eigenvalue weighted by atomic mass is 10.0. The molecule has 0 aliphatic rings. The third-order valence-electron chi connectivity index (χ3n) is 2.87. The first-order valence-electron chi connectivity index (χ1n) is 6.15. The minimum atomic E-state index is 0.330. The number of aromatic nitrogens is 1. The zero-order chi connectivity index (χ0) is 12.8. The van der Waals surface area contributed by atoms with E-state index in [9.17, 15) is 0 Å². The summed E-state index contributed by atoms with van der Waals surface area (Å²) >= 11 is 7.91. The normalized spacial score (nSPS) is 12.6. The first-order valence-corrected chi connectivity index (χ1v) is 7.47. The smallest absolute Gasteiger partial charge is 0.0622 e. The lowest BCUT2D eigenvalue weighted by Gasteiger charge is -2.18. The summed E-state index contributed by atoms with van der Waals surface area (Å²) in [6.07, 6.45) is 5.54. The topological polar surface area (TPSA) is 24.9 Å². The lowest BCUT2D eigenvalue weighted by molar-refractivity contribution is 0.530. The molecule has 0 saturated heterocycles. The zero-order valence-corrected chi connectivity index (χ0v) is 12.0. The van der Waals surface area contributed by atoms with Gasteiger partial charge in [-0.3, -0.25) is 4.98 Å². The predicted octanol–water partition coefficient (Wildman–Crippen LogP) is 4.08. The minimum absolute atomic E-state index is 0.330. The van der Waals surface area contributed by atoms with Crippen LogP contribution < -0.4 is 5.32 Å². The first kappa shape index (κ1) is 13.5. The number of rotatable bonds is 6. The maximum atomic E-state index is 6.18. The summed E-state index contributed by atoms with van der Waals surface area (Å²) in [6, 6.07) is 4.50. The summed E-state index contributed by atoms with van der Waals surface area (Å²) in [4.78, 5) is 4.03. The Morgan fingerprint density at radius 2 is 2.33 bits per heavy atom. The fraction of sp³-hybridized carbons (Fsp3) is 0.357. The van der Waals surface area contributed by atoms with E-state index in [1.165, 1.54) is 5.56 Å². The fourth-order valence-corrected chi connectivity index (χ4v) is 2.80. The Balaban J connectivity index is 2.13. The van der Waals surface area contributed by atoms with Crippen molar-refractivity contribution in [1.29, 1.82) is 0 Å². The standard InChI is InChI=1S/C14H17ClN2S/c1-2-5-17-14(12-4-7-18-10-12)8-11-3-6-16-9-13(11)15/h3-4,6-7,9-10,14,17H,2,5,8H2,1H3. The van der Waals surface area contributed by atoms with E-state index in [0.29, 0.717) is 6.04 Å². The lowest BCUT2D eigenvalue weighted by Crippen LogP contribution is -2.23. The molecule has 0 spiro atoms. The molecular weight excluding hydrogens is 264 g/mol. The van der Waals surface area contributed by atoms with Crippen molar-refractivity contribution in [3.05, 3.63) is 51.4 Å². The Bertz CT molecular complexity index is 470. The van der Waals surface area contributed by atoms with Crippen LogP contribution in [0.15, 0.2) is 35.3 Å². The Morgan fingerprint density at radius 1 is 1.44 bits per heavy atom. The van der Waals surface area contributed by atoms with Crippen molar-refractivity contribution in [2.75, 3.05) is 6.54 Å². The Hall–Kier alpha value is -0.900. The maximum Gasteiger partial charge on any atom is 0.0622 e. The average molecular weight is 281 g/mol. The molecular formula is C14H17ClN2S. The number of hydrogen-bond acceptors (Lipinski definition) is 3. The molecule has 1 N–H and O–H groups in total. The van der Waals surface area contributed by atoms with E-state index in [1.54, 1.807) is 23.7 Å². The third-order valence-corrected chi connectivity index (χ3v) is 3.91. The predicted molar refractivity (Wildman–Crippen MR) is 78.3 cm³/mol. The summed E-state index contributed by atoms with van der Waals surface area (Å²) < 4.78 is 0. The van der Waals surface area contributed by atoms with Crippen molar-refractivity contribution >= 4 is 22.9 Å². The highest BCUT2D eigenvalue weighted by Gasteiger charge is 2.13. The molecule has 0 aliphatic heterocycles. The van der Waals surface area contributed by atoms with Crippen molar-refractivity contribution in [3.8, 4) is 0 Å². The van der Waals surface area contributed by atoms with Gasteiger partial charge < -0.3 is 5.32 Å². The van der Waals surface area contributed by atoms with Crippen molar-refractivity contribution < 1.29 is 0 Å². The molecule has 2 nitrogen and oxygen atoms in total. The highest BCUT2D eigenvalue weighted by atomic mass is 35.5. The summed E-state index contributed by atoms with van der Waals surface area (Å²) in [5.74, 6) is 0. The number of halogens is 1. The molecule has 0 amide bonds. The number of pyridine rings is 1. The van der Waals surface area contributed by atoms with E-state index < -0.39 is 0 Å². The van der Waals surface area contributed by atoms with Gasteiger partial charge in [-0.25, -0.2) is 0 Å². The second-order valence-corrected chi connectivity index (χ2v) is 5.42. The van der Waals surface area contributed by atoms with Crippen molar-refractivity contribution in [1.82, 2.24) is 10.3 Å². The van der Waals surface area contributed by atoms with Crippen LogP contribution in [-0.2, 0) is 6.42 Å². The van der Waals surface area contributed by atoms with Gasteiger partial charge in [-0.2, -0.15) is 11.3 Å². The molecule has 18 heavy (non-hydrogen) atoms. The second-order valence-electron chi connectivity index (χ2n) is 4.23. The molecule has 2 aromatic rings. The zero-order valence-electron chi connectivity index (χ0n) is 10.4. The van der Waals surface area contributed by atoms with Gasteiger partial charge in [-0.15, -0.1) is 0 Å². The largest absolute Gasteiger partial charge is 0.310 e. The van der Waals surface area contributed by atoms with E-state index >= 15 is 0 Å². The average Bonchev–Trinajstić information content (AvgIpc) is 2.90. The van der Waals surface area contributed by atoms with Crippen LogP contribution in [0, 0.1) is 0 Å². The molecule has 0 saturated carbocycles. The molecule has 96 valence electrons. The molecule has 2 aromatic heterocycles. The van der Waals surface area contributed by atoms with Gasteiger partial charge in [0.15, 0.2) is 0 Å². The van der Waals surface area contributed by atoms with Gasteiger partial charge in [0.2, 0.25) is 0 Å². The van der Waals surface area contributed by atoms with Gasteiger partial charge in [0, 0.05) is 18.4 Å². The van der Waals surface area contributed by atoms with Gasteiger partial charge in [0.1, 0.15) is 0 Å². The minimum Gasteiger partial charge on any atom is -0.310 e. The SMILES string of the molecule is CCCNC(Cc1ccncc1Cl)c1ccsc1. The van der Waals surface area contributed by atoms with Crippen LogP contribution >= 0.6 is 22.9 Å². The first-order chi connectivity index (χ1) is 8.81. The second kappa shape index (κ2) is 6.88. The number of nitrogens with zero attached hydrogens (tertiary/aromatic N) is 1. The molecule has 0 aromatic carbocycles. The summed E-state index contributed by atoms with van der Waals surface area (Å²) in [5, 5.41) is 8.63. The highest BCUT2D eigenvalue weighted by Crippen LogP contribution is 2.24. The van der Waals surface area contributed by atoms with Gasteiger partial charge in [-0.1, -0.05) is 18.5 Å². The van der Waals surface area contributed by atoms with Gasteiger partial charge in [0.25, 0.3) is 0 Å². The van der Waals surface area contributed by atoms with Crippen LogP contribution in [0.4, 0.5) is 0 Å². The van der Waals surface area contributed by atoms with E-state index in [0.717, 1.165) is 30.0 Å².